The largest absolute Gasteiger partial charge is 0.495 e. The van der Waals surface area contributed by atoms with Crippen LogP contribution in [0.5, 0.6) is 5.75 Å². The molecule has 0 aliphatic heterocycles. The fourth-order valence-corrected chi connectivity index (χ4v) is 3.74. The second-order valence-corrected chi connectivity index (χ2v) is 6.94. The molecule has 118 valence electrons. The Morgan fingerprint density at radius 1 is 0.957 bits per heavy atom. The molecule has 0 saturated heterocycles. The highest BCUT2D eigenvalue weighted by Crippen LogP contribution is 2.29. The lowest BCUT2D eigenvalue weighted by Crippen LogP contribution is -2.14. The van der Waals surface area contributed by atoms with Crippen LogP contribution in [0.25, 0.3) is 10.8 Å². The Hall–Kier alpha value is -2.53. The first-order chi connectivity index (χ1) is 11.0. The van der Waals surface area contributed by atoms with Gasteiger partial charge < -0.3 is 4.74 Å². The summed E-state index contributed by atoms with van der Waals surface area (Å²) in [5, 5.41) is 1.83. The van der Waals surface area contributed by atoms with Crippen LogP contribution in [0.15, 0.2) is 65.6 Å². The van der Waals surface area contributed by atoms with E-state index in [0.29, 0.717) is 11.4 Å². The van der Waals surface area contributed by atoms with Crippen molar-refractivity contribution in [1.82, 2.24) is 0 Å². The summed E-state index contributed by atoms with van der Waals surface area (Å²) in [6.07, 6.45) is 0. The van der Waals surface area contributed by atoms with Crippen LogP contribution in [0.3, 0.4) is 0 Å². The molecule has 0 aromatic heterocycles. The van der Waals surface area contributed by atoms with Crippen molar-refractivity contribution in [3.63, 3.8) is 0 Å². The van der Waals surface area contributed by atoms with E-state index >= 15 is 0 Å². The number of hydrogen-bond acceptors (Lipinski definition) is 3. The summed E-state index contributed by atoms with van der Waals surface area (Å²) < 4.78 is 33.4. The zero-order valence-electron chi connectivity index (χ0n) is 12.9. The van der Waals surface area contributed by atoms with Crippen LogP contribution in [0, 0.1) is 6.92 Å². The zero-order chi connectivity index (χ0) is 16.4. The highest BCUT2D eigenvalue weighted by Gasteiger charge is 2.20. The van der Waals surface area contributed by atoms with Gasteiger partial charge in [0.1, 0.15) is 10.6 Å². The van der Waals surface area contributed by atoms with Gasteiger partial charge in [0.25, 0.3) is 10.0 Å². The molecule has 3 rings (SSSR count). The second-order valence-electron chi connectivity index (χ2n) is 5.29. The Kier molecular flexibility index (Phi) is 3.96. The standard InChI is InChI=1S/C18H17NO3S/c1-13-10-11-18(17(12-13)22-2)23(20,21)19-16-9-5-7-14-6-3-4-8-15(14)16/h3-12,19H,1-2H3. The molecule has 0 radical (unpaired) electrons. The predicted octanol–water partition coefficient (Wildman–Crippen LogP) is 3.96. The van der Waals surface area contributed by atoms with E-state index in [-0.39, 0.29) is 4.90 Å². The normalized spacial score (nSPS) is 11.4. The topological polar surface area (TPSA) is 55.4 Å². The van der Waals surface area contributed by atoms with Crippen molar-refractivity contribution in [2.24, 2.45) is 0 Å². The molecule has 23 heavy (non-hydrogen) atoms. The van der Waals surface area contributed by atoms with Crippen molar-refractivity contribution in [1.29, 1.82) is 0 Å². The van der Waals surface area contributed by atoms with Crippen molar-refractivity contribution < 1.29 is 13.2 Å². The third-order valence-corrected chi connectivity index (χ3v) is 5.05. The molecule has 5 heteroatoms. The maximum Gasteiger partial charge on any atom is 0.265 e. The molecule has 0 aliphatic carbocycles. The molecule has 0 unspecified atom stereocenters. The SMILES string of the molecule is COc1cc(C)ccc1S(=O)(=O)Nc1cccc2ccccc12. The van der Waals surface area contributed by atoms with Crippen LogP contribution >= 0.6 is 0 Å². The van der Waals surface area contributed by atoms with E-state index in [1.54, 1.807) is 24.3 Å². The van der Waals surface area contributed by atoms with Crippen LogP contribution in [-0.4, -0.2) is 15.5 Å². The zero-order valence-corrected chi connectivity index (χ0v) is 13.7. The van der Waals surface area contributed by atoms with Crippen molar-refractivity contribution in [3.05, 3.63) is 66.2 Å². The highest BCUT2D eigenvalue weighted by molar-refractivity contribution is 7.92. The van der Waals surface area contributed by atoms with Gasteiger partial charge in [-0.2, -0.15) is 0 Å². The van der Waals surface area contributed by atoms with Crippen molar-refractivity contribution in [2.45, 2.75) is 11.8 Å². The number of hydrogen-bond donors (Lipinski definition) is 1. The van der Waals surface area contributed by atoms with Gasteiger partial charge in [-0.3, -0.25) is 4.72 Å². The fraction of sp³-hybridized carbons (Fsp3) is 0.111. The second kappa shape index (κ2) is 5.93. The maximum atomic E-state index is 12.7. The first-order valence-corrected chi connectivity index (χ1v) is 8.65. The van der Waals surface area contributed by atoms with Gasteiger partial charge in [-0.1, -0.05) is 42.5 Å². The molecular weight excluding hydrogens is 310 g/mol. The lowest BCUT2D eigenvalue weighted by molar-refractivity contribution is 0.402. The molecule has 0 spiro atoms. The van der Waals surface area contributed by atoms with E-state index < -0.39 is 10.0 Å². The molecule has 3 aromatic carbocycles. The molecule has 3 aromatic rings. The third kappa shape index (κ3) is 3.00. The maximum absolute atomic E-state index is 12.7. The lowest BCUT2D eigenvalue weighted by Gasteiger charge is -2.13. The van der Waals surface area contributed by atoms with Crippen LogP contribution in [0.2, 0.25) is 0 Å². The van der Waals surface area contributed by atoms with Gasteiger partial charge in [0.15, 0.2) is 0 Å². The number of benzene rings is 3. The Balaban J connectivity index is 2.07. The lowest BCUT2D eigenvalue weighted by atomic mass is 10.1. The minimum Gasteiger partial charge on any atom is -0.495 e. The Morgan fingerprint density at radius 2 is 1.70 bits per heavy atom. The number of methoxy groups -OCH3 is 1. The van der Waals surface area contributed by atoms with Crippen molar-refractivity contribution >= 4 is 26.5 Å². The molecule has 0 fully saturated rings. The van der Waals surface area contributed by atoms with Crippen LogP contribution in [-0.2, 0) is 10.0 Å². The fourth-order valence-electron chi connectivity index (χ4n) is 2.51. The Morgan fingerprint density at radius 3 is 2.48 bits per heavy atom. The summed E-state index contributed by atoms with van der Waals surface area (Å²) in [5.74, 6) is 0.331. The van der Waals surface area contributed by atoms with E-state index in [1.165, 1.54) is 7.11 Å². The number of anilines is 1. The average molecular weight is 327 g/mol. The summed E-state index contributed by atoms with van der Waals surface area (Å²) in [7, 11) is -2.28. The van der Waals surface area contributed by atoms with E-state index in [1.807, 2.05) is 43.3 Å². The molecule has 0 saturated carbocycles. The van der Waals surface area contributed by atoms with Gasteiger partial charge in [-0.05, 0) is 36.1 Å². The first-order valence-electron chi connectivity index (χ1n) is 7.16. The molecule has 0 heterocycles. The van der Waals surface area contributed by atoms with Gasteiger partial charge in [0.2, 0.25) is 0 Å². The highest BCUT2D eigenvalue weighted by atomic mass is 32.2. The number of fused-ring (bicyclic) bond motifs is 1. The van der Waals surface area contributed by atoms with Crippen molar-refractivity contribution in [3.8, 4) is 5.75 Å². The smallest absolute Gasteiger partial charge is 0.265 e. The van der Waals surface area contributed by atoms with Crippen LogP contribution in [0.1, 0.15) is 5.56 Å². The van der Waals surface area contributed by atoms with Gasteiger partial charge >= 0.3 is 0 Å². The summed E-state index contributed by atoms with van der Waals surface area (Å²) >= 11 is 0. The van der Waals surface area contributed by atoms with E-state index in [4.69, 9.17) is 4.74 Å². The molecule has 1 N–H and O–H groups in total. The molecule has 0 atom stereocenters. The summed E-state index contributed by atoms with van der Waals surface area (Å²) in [6.45, 7) is 1.89. The quantitative estimate of drug-likeness (QED) is 0.789. The van der Waals surface area contributed by atoms with Gasteiger partial charge in [-0.25, -0.2) is 8.42 Å². The number of ether oxygens (including phenoxy) is 1. The molecule has 4 nitrogen and oxygen atoms in total. The van der Waals surface area contributed by atoms with E-state index in [9.17, 15) is 8.42 Å². The van der Waals surface area contributed by atoms with Crippen LogP contribution in [0.4, 0.5) is 5.69 Å². The summed E-state index contributed by atoms with van der Waals surface area (Å²) in [6, 6.07) is 18.2. The minimum atomic E-state index is -3.74. The van der Waals surface area contributed by atoms with Gasteiger partial charge in [0.05, 0.1) is 12.8 Å². The minimum absolute atomic E-state index is 0.124. The first kappa shape index (κ1) is 15.4. The van der Waals surface area contributed by atoms with Gasteiger partial charge in [-0.15, -0.1) is 0 Å². The number of nitrogens with one attached hydrogen (secondary N) is 1. The number of sulfonamides is 1. The monoisotopic (exact) mass is 327 g/mol. The summed E-state index contributed by atoms with van der Waals surface area (Å²) in [4.78, 5) is 0.124. The van der Waals surface area contributed by atoms with Crippen LogP contribution < -0.4 is 9.46 Å². The Bertz CT molecular complexity index is 960. The molecule has 0 amide bonds. The predicted molar refractivity (Wildman–Crippen MR) is 92.5 cm³/mol. The van der Waals surface area contributed by atoms with Gasteiger partial charge in [0, 0.05) is 5.39 Å². The summed E-state index contributed by atoms with van der Waals surface area (Å²) in [5.41, 5.74) is 1.48. The van der Waals surface area contributed by atoms with Crippen molar-refractivity contribution in [2.75, 3.05) is 11.8 Å². The Labute approximate surface area is 135 Å². The molecule has 0 aliphatic rings. The number of rotatable bonds is 4. The van der Waals surface area contributed by atoms with E-state index in [2.05, 4.69) is 4.72 Å². The van der Waals surface area contributed by atoms with E-state index in [0.717, 1.165) is 16.3 Å². The average Bonchev–Trinajstić information content (AvgIpc) is 2.54. The number of aryl methyl sites for hydroxylation is 1. The third-order valence-electron chi connectivity index (χ3n) is 3.64. The molecular formula is C18H17NO3S. The molecule has 0 bridgehead atoms.